The van der Waals surface area contributed by atoms with Crippen molar-refractivity contribution in [3.8, 4) is 5.75 Å². The average molecular weight is 504 g/mol. The van der Waals surface area contributed by atoms with Crippen molar-refractivity contribution in [1.82, 2.24) is 4.31 Å². The number of sulfonamides is 1. The number of fused-ring (bicyclic) bond motifs is 1. The van der Waals surface area contributed by atoms with E-state index >= 15 is 0 Å². The lowest BCUT2D eigenvalue weighted by Crippen LogP contribution is -2.64. The van der Waals surface area contributed by atoms with E-state index in [-0.39, 0.29) is 41.2 Å². The van der Waals surface area contributed by atoms with Crippen molar-refractivity contribution >= 4 is 22.1 Å². The van der Waals surface area contributed by atoms with Crippen LogP contribution in [-0.4, -0.2) is 71.3 Å². The van der Waals surface area contributed by atoms with Gasteiger partial charge in [0.25, 0.3) is 0 Å². The van der Waals surface area contributed by atoms with Crippen molar-refractivity contribution in [3.63, 3.8) is 0 Å². The van der Waals surface area contributed by atoms with E-state index in [0.717, 1.165) is 9.87 Å². The van der Waals surface area contributed by atoms with Gasteiger partial charge >= 0.3 is 12.1 Å². The van der Waals surface area contributed by atoms with Gasteiger partial charge in [-0.3, -0.25) is 4.79 Å². The fraction of sp³-hybridized carbons (Fsp3) is 0.440. The number of carbonyl (C=O) groups is 2. The van der Waals surface area contributed by atoms with Crippen LogP contribution in [0.5, 0.6) is 5.75 Å². The molecule has 1 amide bonds. The first-order chi connectivity index (χ1) is 16.6. The number of likely N-dealkylation sites (tertiary alicyclic amines) is 1. The van der Waals surface area contributed by atoms with E-state index in [0.29, 0.717) is 18.7 Å². The number of methoxy groups -OCH3 is 1. The molecular weight excluding hydrogens is 472 g/mol. The summed E-state index contributed by atoms with van der Waals surface area (Å²) in [5, 5.41) is 20.6. The van der Waals surface area contributed by atoms with E-state index in [9.17, 15) is 28.2 Å². The number of benzene rings is 2. The molecule has 4 rings (SSSR count). The zero-order chi connectivity index (χ0) is 25.4. The maximum atomic E-state index is 14.0. The molecule has 2 aromatic carbocycles. The lowest BCUT2D eigenvalue weighted by molar-refractivity contribution is -0.878. The Balaban J connectivity index is 1.80. The molecule has 0 spiro atoms. The van der Waals surface area contributed by atoms with Crippen LogP contribution >= 0.6 is 0 Å². The molecular formula is C25H31N2O7S+. The molecule has 2 aliphatic heterocycles. The number of piperidine rings is 1. The molecule has 1 unspecified atom stereocenters. The van der Waals surface area contributed by atoms with Gasteiger partial charge in [0.05, 0.1) is 24.6 Å². The van der Waals surface area contributed by atoms with Crippen LogP contribution in [0, 0.1) is 5.92 Å². The van der Waals surface area contributed by atoms with Gasteiger partial charge in [-0.2, -0.15) is 9.10 Å². The molecule has 9 nitrogen and oxygen atoms in total. The normalized spacial score (nSPS) is 28.9. The van der Waals surface area contributed by atoms with Gasteiger partial charge in [0.15, 0.2) is 0 Å². The van der Waals surface area contributed by atoms with Crippen LogP contribution in [-0.2, 0) is 21.4 Å². The zero-order valence-corrected chi connectivity index (χ0v) is 20.6. The van der Waals surface area contributed by atoms with Crippen LogP contribution in [0.25, 0.3) is 0 Å². The smallest absolute Gasteiger partial charge is 0.497 e. The maximum Gasteiger partial charge on any atom is 0.513 e. The highest BCUT2D eigenvalue weighted by molar-refractivity contribution is 7.89. The van der Waals surface area contributed by atoms with Crippen LogP contribution in [0.3, 0.4) is 0 Å². The lowest BCUT2D eigenvalue weighted by Gasteiger charge is -2.43. The minimum atomic E-state index is -4.25. The monoisotopic (exact) mass is 503 g/mol. The van der Waals surface area contributed by atoms with E-state index in [1.54, 1.807) is 6.92 Å². The second-order valence-corrected chi connectivity index (χ2v) is 11.3. The summed E-state index contributed by atoms with van der Waals surface area (Å²) < 4.78 is 33.9. The van der Waals surface area contributed by atoms with Gasteiger partial charge in [-0.25, -0.2) is 12.9 Å². The van der Waals surface area contributed by atoms with Gasteiger partial charge in [0.2, 0.25) is 10.0 Å². The number of aliphatic carboxylic acids is 1. The number of carboxylic acids is 1. The predicted octanol–water partition coefficient (Wildman–Crippen LogP) is 3.41. The van der Waals surface area contributed by atoms with Crippen molar-refractivity contribution in [2.45, 2.75) is 49.2 Å². The molecule has 0 aromatic heterocycles. The molecule has 2 fully saturated rings. The number of hydrogen-bond acceptors (Lipinski definition) is 5. The summed E-state index contributed by atoms with van der Waals surface area (Å²) in [6, 6.07) is 14.3. The molecule has 0 radical (unpaired) electrons. The summed E-state index contributed by atoms with van der Waals surface area (Å²) in [6.45, 7) is 2.17. The third-order valence-electron chi connectivity index (χ3n) is 7.66. The summed E-state index contributed by atoms with van der Waals surface area (Å²) in [7, 11) is -2.78. The summed E-state index contributed by atoms with van der Waals surface area (Å²) in [5.74, 6) is -0.978. The molecule has 35 heavy (non-hydrogen) atoms. The Bertz CT molecular complexity index is 1200. The van der Waals surface area contributed by atoms with E-state index in [1.807, 2.05) is 30.3 Å². The molecule has 2 aromatic rings. The molecule has 4 atom stereocenters. The Labute approximate surface area is 205 Å². The number of ether oxygens (including phenoxy) is 1. The predicted molar refractivity (Wildman–Crippen MR) is 127 cm³/mol. The fourth-order valence-electron chi connectivity index (χ4n) is 5.77. The van der Waals surface area contributed by atoms with Gasteiger partial charge in [0.1, 0.15) is 24.4 Å². The van der Waals surface area contributed by atoms with E-state index < -0.39 is 33.7 Å². The van der Waals surface area contributed by atoms with Crippen molar-refractivity contribution in [1.29, 1.82) is 0 Å². The molecule has 2 N–H and O–H groups in total. The SMILES string of the molecule is CC[C@@]1(C(=O)O)C[C@@H]2CC[N+](Cc3ccccc3)(C(=O)O)C[C@@H]2N1S(=O)(=O)c1ccc(OC)cc1. The largest absolute Gasteiger partial charge is 0.513 e. The van der Waals surface area contributed by atoms with Gasteiger partial charge in [-0.1, -0.05) is 37.3 Å². The number of rotatable bonds is 7. The molecule has 0 saturated carbocycles. The number of quaternary nitrogens is 1. The molecule has 0 bridgehead atoms. The van der Waals surface area contributed by atoms with E-state index in [2.05, 4.69) is 0 Å². The number of nitrogens with zero attached hydrogens (tertiary/aromatic N) is 2. The number of carboxylic acid groups (broad SMARTS) is 2. The Hall–Kier alpha value is -2.95. The highest BCUT2D eigenvalue weighted by Gasteiger charge is 2.64. The first-order valence-electron chi connectivity index (χ1n) is 11.6. The van der Waals surface area contributed by atoms with Crippen molar-refractivity contribution < 1.29 is 37.4 Å². The first-order valence-corrected chi connectivity index (χ1v) is 13.1. The van der Waals surface area contributed by atoms with Gasteiger partial charge < -0.3 is 14.9 Å². The van der Waals surface area contributed by atoms with Crippen LogP contribution < -0.4 is 4.74 Å². The summed E-state index contributed by atoms with van der Waals surface area (Å²) in [5.41, 5.74) is -0.810. The highest BCUT2D eigenvalue weighted by Crippen LogP contribution is 2.49. The van der Waals surface area contributed by atoms with Crippen LogP contribution in [0.2, 0.25) is 0 Å². The van der Waals surface area contributed by atoms with E-state index in [4.69, 9.17) is 4.74 Å². The zero-order valence-electron chi connectivity index (χ0n) is 19.8. The molecule has 0 aliphatic carbocycles. The van der Waals surface area contributed by atoms with Crippen molar-refractivity contribution in [3.05, 3.63) is 60.2 Å². The van der Waals surface area contributed by atoms with Crippen molar-refractivity contribution in [2.24, 2.45) is 5.92 Å². The maximum absolute atomic E-state index is 14.0. The highest BCUT2D eigenvalue weighted by atomic mass is 32.2. The summed E-state index contributed by atoms with van der Waals surface area (Å²) >= 11 is 0. The molecule has 2 aliphatic rings. The minimum Gasteiger partial charge on any atom is -0.497 e. The summed E-state index contributed by atoms with van der Waals surface area (Å²) in [4.78, 5) is 25.2. The van der Waals surface area contributed by atoms with Crippen LogP contribution in [0.4, 0.5) is 4.79 Å². The number of hydrogen-bond donors (Lipinski definition) is 2. The van der Waals surface area contributed by atoms with Gasteiger partial charge in [-0.05, 0) is 43.0 Å². The molecule has 2 heterocycles. The van der Waals surface area contributed by atoms with Crippen molar-refractivity contribution in [2.75, 3.05) is 20.2 Å². The second-order valence-electron chi connectivity index (χ2n) is 9.46. The Kier molecular flexibility index (Phi) is 6.65. The minimum absolute atomic E-state index is 0.000686. The van der Waals surface area contributed by atoms with Gasteiger partial charge in [-0.15, -0.1) is 0 Å². The second kappa shape index (κ2) is 9.25. The topological polar surface area (TPSA) is 121 Å². The van der Waals surface area contributed by atoms with Crippen LogP contribution in [0.1, 0.15) is 31.7 Å². The third-order valence-corrected chi connectivity index (χ3v) is 9.67. The molecule has 188 valence electrons. The molecule has 10 heteroatoms. The van der Waals surface area contributed by atoms with E-state index in [1.165, 1.54) is 31.4 Å². The average Bonchev–Trinajstić information content (AvgIpc) is 3.20. The lowest BCUT2D eigenvalue weighted by atomic mass is 9.85. The Morgan fingerprint density at radius 3 is 2.31 bits per heavy atom. The Morgan fingerprint density at radius 2 is 1.77 bits per heavy atom. The quantitative estimate of drug-likeness (QED) is 0.556. The van der Waals surface area contributed by atoms with Crippen LogP contribution in [0.15, 0.2) is 59.5 Å². The first kappa shape index (κ1) is 25.2. The fourth-order valence-corrected chi connectivity index (χ4v) is 7.81. The number of amides is 1. The Morgan fingerprint density at radius 1 is 1.11 bits per heavy atom. The standard InChI is InChI=1S/C25H30N2O7S/c1-3-25(23(28)29)15-19-13-14-27(24(30)31,16-18-7-5-4-6-8-18)17-22(19)26(25)35(32,33)21-11-9-20(34-2)10-12-21/h4-12,19,22H,3,13-17H2,1-2H3,(H-,28,29,30,31)/p+1/t19-,22-,25-,27?/m0/s1. The van der Waals surface area contributed by atoms with Gasteiger partial charge in [0, 0.05) is 12.0 Å². The summed E-state index contributed by atoms with van der Waals surface area (Å²) in [6.07, 6.45) is -0.383. The third kappa shape index (κ3) is 4.19. The molecule has 2 saturated heterocycles.